The summed E-state index contributed by atoms with van der Waals surface area (Å²) in [4.78, 5) is 25.8. The van der Waals surface area contributed by atoms with Crippen molar-refractivity contribution in [2.24, 2.45) is 5.92 Å². The van der Waals surface area contributed by atoms with Crippen LogP contribution in [0.2, 0.25) is 0 Å². The molecule has 168 valence electrons. The van der Waals surface area contributed by atoms with Crippen LogP contribution in [-0.4, -0.2) is 70.8 Å². The molecule has 8 nitrogen and oxygen atoms in total. The van der Waals surface area contributed by atoms with Gasteiger partial charge in [-0.05, 0) is 56.6 Å². The molecule has 0 atom stereocenters. The molecule has 0 unspecified atom stereocenters. The lowest BCUT2D eigenvalue weighted by molar-refractivity contribution is -0.126. The summed E-state index contributed by atoms with van der Waals surface area (Å²) in [5, 5.41) is 5.51. The molecule has 0 bridgehead atoms. The maximum Gasteiger partial charge on any atom is 0.341 e. The largest absolute Gasteiger partial charge is 0.385 e. The molecule has 0 saturated carbocycles. The van der Waals surface area contributed by atoms with Crippen LogP contribution in [0.1, 0.15) is 19.3 Å². The second-order valence-corrected chi connectivity index (χ2v) is 8.98. The average molecular weight is 448 g/mol. The number of piperidine rings is 1. The second kappa shape index (κ2) is 11.3. The van der Waals surface area contributed by atoms with Gasteiger partial charge in [0.25, 0.3) is 0 Å². The van der Waals surface area contributed by atoms with Gasteiger partial charge in [0.15, 0.2) is 0 Å². The zero-order valence-electron chi connectivity index (χ0n) is 16.8. The van der Waals surface area contributed by atoms with Crippen LogP contribution in [0.15, 0.2) is 29.2 Å². The van der Waals surface area contributed by atoms with Crippen LogP contribution in [-0.2, 0) is 24.2 Å². The highest BCUT2D eigenvalue weighted by molar-refractivity contribution is 7.91. The van der Waals surface area contributed by atoms with E-state index >= 15 is 0 Å². The first-order valence-electron chi connectivity index (χ1n) is 9.65. The van der Waals surface area contributed by atoms with E-state index in [0.717, 1.165) is 18.6 Å². The summed E-state index contributed by atoms with van der Waals surface area (Å²) < 4.78 is 52.9. The minimum Gasteiger partial charge on any atom is -0.385 e. The predicted octanol–water partition coefficient (Wildman–Crippen LogP) is 1.49. The Bertz CT molecular complexity index is 810. The first-order valence-corrected chi connectivity index (χ1v) is 11.2. The van der Waals surface area contributed by atoms with Gasteiger partial charge >= 0.3 is 5.76 Å². The third kappa shape index (κ3) is 6.99. The van der Waals surface area contributed by atoms with E-state index in [9.17, 15) is 26.8 Å². The van der Waals surface area contributed by atoms with Crippen molar-refractivity contribution in [1.82, 2.24) is 10.2 Å². The number of hydrogen-bond donors (Lipinski definition) is 2. The molecule has 2 N–H and O–H groups in total. The second-order valence-electron chi connectivity index (χ2n) is 7.07. The molecule has 0 aromatic heterocycles. The molecule has 1 aromatic carbocycles. The van der Waals surface area contributed by atoms with Crippen LogP contribution < -0.4 is 10.6 Å². The van der Waals surface area contributed by atoms with Gasteiger partial charge in [0.2, 0.25) is 21.7 Å². The van der Waals surface area contributed by atoms with Crippen LogP contribution in [0.5, 0.6) is 0 Å². The number of carbonyl (C=O) groups excluding carboxylic acids is 2. The molecule has 1 aromatic rings. The van der Waals surface area contributed by atoms with Crippen molar-refractivity contribution >= 4 is 27.3 Å². The molecule has 1 aliphatic rings. The minimum absolute atomic E-state index is 0.0223. The highest BCUT2D eigenvalue weighted by atomic mass is 32.2. The maximum atomic E-state index is 12.5. The van der Waals surface area contributed by atoms with Crippen molar-refractivity contribution in [1.29, 1.82) is 0 Å². The molecule has 2 rings (SSSR count). The fraction of sp³-hybridized carbons (Fsp3) is 0.579. The first-order chi connectivity index (χ1) is 14.2. The molecular weight excluding hydrogens is 420 g/mol. The topological polar surface area (TPSA) is 105 Å². The Morgan fingerprint density at radius 3 is 2.40 bits per heavy atom. The Morgan fingerprint density at radius 2 is 1.83 bits per heavy atom. The lowest BCUT2D eigenvalue weighted by atomic mass is 9.96. The quantitative estimate of drug-likeness (QED) is 0.527. The van der Waals surface area contributed by atoms with Crippen molar-refractivity contribution in [2.75, 3.05) is 45.2 Å². The number of benzene rings is 1. The van der Waals surface area contributed by atoms with E-state index in [0.29, 0.717) is 44.8 Å². The van der Waals surface area contributed by atoms with E-state index in [4.69, 9.17) is 4.74 Å². The van der Waals surface area contributed by atoms with Crippen molar-refractivity contribution < 1.29 is 31.5 Å². The Morgan fingerprint density at radius 1 is 1.20 bits per heavy atom. The zero-order chi connectivity index (χ0) is 22.1. The summed E-state index contributed by atoms with van der Waals surface area (Å²) in [5.74, 6) is -3.85. The lowest BCUT2D eigenvalue weighted by Crippen LogP contribution is -2.43. The summed E-state index contributed by atoms with van der Waals surface area (Å²) in [6.07, 6.45) is 2.07. The first kappa shape index (κ1) is 24.2. The van der Waals surface area contributed by atoms with Crippen molar-refractivity contribution in [3.8, 4) is 0 Å². The highest BCUT2D eigenvalue weighted by Crippen LogP contribution is 2.21. The third-order valence-electron chi connectivity index (χ3n) is 4.85. The number of anilines is 1. The molecule has 1 saturated heterocycles. The van der Waals surface area contributed by atoms with Crippen LogP contribution >= 0.6 is 0 Å². The number of carbonyl (C=O) groups is 2. The molecule has 11 heteroatoms. The average Bonchev–Trinajstić information content (AvgIpc) is 2.72. The Kier molecular flexibility index (Phi) is 9.12. The van der Waals surface area contributed by atoms with Gasteiger partial charge in [-0.2, -0.15) is 8.78 Å². The fourth-order valence-electron chi connectivity index (χ4n) is 3.16. The Hall–Kier alpha value is -2.11. The van der Waals surface area contributed by atoms with Crippen LogP contribution in [0, 0.1) is 5.92 Å². The van der Waals surface area contributed by atoms with Gasteiger partial charge in [-0.1, -0.05) is 0 Å². The molecule has 2 amide bonds. The number of rotatable bonds is 10. The number of halogens is 2. The van der Waals surface area contributed by atoms with Gasteiger partial charge in [0.05, 0.1) is 11.4 Å². The van der Waals surface area contributed by atoms with Crippen molar-refractivity contribution in [3.05, 3.63) is 24.3 Å². The SMILES string of the molecule is COCCCNC(=O)C1CCN(CC(=O)Nc2ccc(S(=O)(=O)C(F)F)cc2)CC1. The summed E-state index contributed by atoms with van der Waals surface area (Å²) in [7, 11) is -3.05. The monoisotopic (exact) mass is 447 g/mol. The summed E-state index contributed by atoms with van der Waals surface area (Å²) >= 11 is 0. The number of hydrogen-bond acceptors (Lipinski definition) is 6. The summed E-state index contributed by atoms with van der Waals surface area (Å²) in [6, 6.07) is 4.61. The molecule has 0 radical (unpaired) electrons. The number of likely N-dealkylation sites (tertiary alicyclic amines) is 1. The molecule has 1 heterocycles. The van der Waals surface area contributed by atoms with Gasteiger partial charge in [-0.25, -0.2) is 8.42 Å². The van der Waals surface area contributed by atoms with E-state index in [1.54, 1.807) is 7.11 Å². The predicted molar refractivity (Wildman–Crippen MR) is 107 cm³/mol. The van der Waals surface area contributed by atoms with E-state index in [1.807, 2.05) is 4.90 Å². The molecule has 1 aliphatic heterocycles. The van der Waals surface area contributed by atoms with Crippen LogP contribution in [0.3, 0.4) is 0 Å². The fourth-order valence-corrected chi connectivity index (χ4v) is 3.88. The summed E-state index contributed by atoms with van der Waals surface area (Å²) in [5.41, 5.74) is 0.318. The number of nitrogens with one attached hydrogen (secondary N) is 2. The van der Waals surface area contributed by atoms with Crippen molar-refractivity contribution in [3.63, 3.8) is 0 Å². The van der Waals surface area contributed by atoms with Crippen LogP contribution in [0.4, 0.5) is 14.5 Å². The number of ether oxygens (including phenoxy) is 1. The number of nitrogens with zero attached hydrogens (tertiary/aromatic N) is 1. The minimum atomic E-state index is -4.66. The number of amides is 2. The number of sulfone groups is 1. The number of alkyl halides is 2. The highest BCUT2D eigenvalue weighted by Gasteiger charge is 2.27. The van der Waals surface area contributed by atoms with Crippen LogP contribution in [0.25, 0.3) is 0 Å². The molecule has 1 fully saturated rings. The van der Waals surface area contributed by atoms with Gasteiger partial charge < -0.3 is 15.4 Å². The standard InChI is InChI=1S/C19H27F2N3O5S/c1-29-12-2-9-22-18(26)14-7-10-24(11-8-14)13-17(25)23-15-3-5-16(6-4-15)30(27,28)19(20)21/h3-6,14,19H,2,7-13H2,1H3,(H,22,26)(H,23,25). The third-order valence-corrected chi connectivity index (χ3v) is 6.25. The van der Waals surface area contributed by atoms with E-state index in [1.165, 1.54) is 12.1 Å². The number of methoxy groups -OCH3 is 1. The lowest BCUT2D eigenvalue weighted by Gasteiger charge is -2.30. The smallest absolute Gasteiger partial charge is 0.341 e. The summed E-state index contributed by atoms with van der Waals surface area (Å²) in [6.45, 7) is 2.51. The van der Waals surface area contributed by atoms with E-state index < -0.39 is 20.5 Å². The van der Waals surface area contributed by atoms with Gasteiger partial charge in [-0.3, -0.25) is 14.5 Å². The van der Waals surface area contributed by atoms with Crippen molar-refractivity contribution in [2.45, 2.75) is 29.9 Å². The van der Waals surface area contributed by atoms with Gasteiger partial charge in [0, 0.05) is 31.9 Å². The molecule has 0 aliphatic carbocycles. The van der Waals surface area contributed by atoms with Gasteiger partial charge in [-0.15, -0.1) is 0 Å². The van der Waals surface area contributed by atoms with E-state index in [2.05, 4.69) is 10.6 Å². The Balaban J connectivity index is 1.75. The van der Waals surface area contributed by atoms with E-state index in [-0.39, 0.29) is 24.3 Å². The molecule has 0 spiro atoms. The molecular formula is C19H27F2N3O5S. The maximum absolute atomic E-state index is 12.5. The zero-order valence-corrected chi connectivity index (χ0v) is 17.6. The van der Waals surface area contributed by atoms with Gasteiger partial charge in [0.1, 0.15) is 0 Å². The Labute approximate surface area is 174 Å². The molecule has 30 heavy (non-hydrogen) atoms. The normalized spacial score (nSPS) is 15.9.